The second kappa shape index (κ2) is 13.0. The molecule has 38 heavy (non-hydrogen) atoms. The second-order valence-electron chi connectivity index (χ2n) is 8.43. The van der Waals surface area contributed by atoms with Gasteiger partial charge in [0.15, 0.2) is 0 Å². The molecule has 2 aromatic carbocycles. The Kier molecular flexibility index (Phi) is 10.2. The molecule has 3 rings (SSSR count). The molecular formula is C24H32ClN3O8S2. The van der Waals surface area contributed by atoms with Crippen LogP contribution in [0.4, 0.5) is 5.69 Å². The van der Waals surface area contributed by atoms with E-state index >= 15 is 0 Å². The lowest BCUT2D eigenvalue weighted by Gasteiger charge is -2.31. The summed E-state index contributed by atoms with van der Waals surface area (Å²) in [5.74, 6) is 0.164. The average Bonchev–Trinajstić information content (AvgIpc) is 2.89. The van der Waals surface area contributed by atoms with Crippen LogP contribution < -0.4 is 19.1 Å². The van der Waals surface area contributed by atoms with Gasteiger partial charge in [0.05, 0.1) is 43.7 Å². The van der Waals surface area contributed by atoms with Gasteiger partial charge in [-0.2, -0.15) is 4.31 Å². The number of carbonyl (C=O) groups is 1. The summed E-state index contributed by atoms with van der Waals surface area (Å²) in [6, 6.07) is 9.49. The fraction of sp³-hybridized carbons (Fsp3) is 0.458. The number of benzene rings is 2. The van der Waals surface area contributed by atoms with Crippen LogP contribution in [0.1, 0.15) is 13.3 Å². The molecule has 0 unspecified atom stereocenters. The van der Waals surface area contributed by atoms with E-state index < -0.39 is 32.0 Å². The van der Waals surface area contributed by atoms with E-state index in [-0.39, 0.29) is 35.9 Å². The number of nitrogens with zero attached hydrogens (tertiary/aromatic N) is 2. The molecule has 0 spiro atoms. The van der Waals surface area contributed by atoms with E-state index in [0.717, 1.165) is 10.6 Å². The third-order valence-corrected chi connectivity index (χ3v) is 9.12. The number of ether oxygens (including phenoxy) is 3. The second-order valence-corrected chi connectivity index (χ2v) is 12.7. The highest BCUT2D eigenvalue weighted by Gasteiger charge is 2.33. The molecule has 1 aliphatic rings. The minimum Gasteiger partial charge on any atom is -0.495 e. The minimum atomic E-state index is -3.88. The van der Waals surface area contributed by atoms with Crippen LogP contribution in [0.2, 0.25) is 5.02 Å². The Hall–Kier alpha value is -2.58. The smallest absolute Gasteiger partial charge is 0.244 e. The predicted octanol–water partition coefficient (Wildman–Crippen LogP) is 2.11. The molecule has 0 bridgehead atoms. The fourth-order valence-corrected chi connectivity index (χ4v) is 6.76. The number of halogens is 1. The van der Waals surface area contributed by atoms with Crippen LogP contribution >= 0.6 is 11.6 Å². The molecule has 1 heterocycles. The summed E-state index contributed by atoms with van der Waals surface area (Å²) in [7, 11) is -6.09. The van der Waals surface area contributed by atoms with Crippen LogP contribution in [0.3, 0.4) is 0 Å². The Morgan fingerprint density at radius 1 is 1.13 bits per heavy atom. The quantitative estimate of drug-likeness (QED) is 0.372. The van der Waals surface area contributed by atoms with E-state index in [0.29, 0.717) is 37.1 Å². The van der Waals surface area contributed by atoms with E-state index in [2.05, 4.69) is 5.32 Å². The van der Waals surface area contributed by atoms with Crippen molar-refractivity contribution < 1.29 is 35.8 Å². The zero-order chi connectivity index (χ0) is 27.9. The normalized spacial score (nSPS) is 15.5. The standard InChI is InChI=1S/C24H32ClN3O8S2/c1-4-21(28(37(3,30)31)22-17-18(25)5-10-23(22)34-2)24(29)26-11-14-36-19-6-8-20(9-7-19)38(32,33)27-12-15-35-16-13-27/h5-10,17,21H,4,11-16H2,1-3H3,(H,26,29)/t21-/m0/s1. The first-order chi connectivity index (χ1) is 18.0. The molecule has 2 aromatic rings. The lowest BCUT2D eigenvalue weighted by molar-refractivity contribution is -0.122. The highest BCUT2D eigenvalue weighted by atomic mass is 35.5. The summed E-state index contributed by atoms with van der Waals surface area (Å²) < 4.78 is 69.4. The summed E-state index contributed by atoms with van der Waals surface area (Å²) in [5.41, 5.74) is 0.160. The topological polar surface area (TPSA) is 132 Å². The van der Waals surface area contributed by atoms with E-state index in [1.807, 2.05) is 0 Å². The van der Waals surface area contributed by atoms with Crippen molar-refractivity contribution in [1.29, 1.82) is 0 Å². The first-order valence-corrected chi connectivity index (χ1v) is 15.6. The molecule has 0 aromatic heterocycles. The van der Waals surface area contributed by atoms with Crippen molar-refractivity contribution in [2.24, 2.45) is 0 Å². The molecule has 14 heteroatoms. The summed E-state index contributed by atoms with van der Waals surface area (Å²) >= 11 is 6.10. The van der Waals surface area contributed by atoms with Crippen molar-refractivity contribution in [1.82, 2.24) is 9.62 Å². The zero-order valence-corrected chi connectivity index (χ0v) is 23.8. The van der Waals surface area contributed by atoms with Gasteiger partial charge in [-0.1, -0.05) is 18.5 Å². The molecule has 210 valence electrons. The van der Waals surface area contributed by atoms with Gasteiger partial charge in [-0.3, -0.25) is 9.10 Å². The Morgan fingerprint density at radius 2 is 1.79 bits per heavy atom. The third-order valence-electron chi connectivity index (χ3n) is 5.81. The summed E-state index contributed by atoms with van der Waals surface area (Å²) in [5, 5.41) is 2.99. The summed E-state index contributed by atoms with van der Waals surface area (Å²) in [4.78, 5) is 13.2. The van der Waals surface area contributed by atoms with Crippen LogP contribution in [-0.2, 0) is 29.6 Å². The van der Waals surface area contributed by atoms with Gasteiger partial charge in [0, 0.05) is 18.1 Å². The molecule has 1 amide bonds. The first kappa shape index (κ1) is 30.0. The zero-order valence-electron chi connectivity index (χ0n) is 21.4. The van der Waals surface area contributed by atoms with Gasteiger partial charge in [0.1, 0.15) is 24.1 Å². The molecule has 11 nitrogen and oxygen atoms in total. The highest BCUT2D eigenvalue weighted by Crippen LogP contribution is 2.34. The largest absolute Gasteiger partial charge is 0.495 e. The van der Waals surface area contributed by atoms with E-state index in [9.17, 15) is 21.6 Å². The molecule has 0 radical (unpaired) electrons. The van der Waals surface area contributed by atoms with Gasteiger partial charge in [-0.05, 0) is 48.9 Å². The summed E-state index contributed by atoms with van der Waals surface area (Å²) in [6.07, 6.45) is 1.20. The number of methoxy groups -OCH3 is 1. The SMILES string of the molecule is CC[C@@H](C(=O)NCCOc1ccc(S(=O)(=O)N2CCOCC2)cc1)N(c1cc(Cl)ccc1OC)S(C)(=O)=O. The van der Waals surface area contributed by atoms with Crippen molar-refractivity contribution in [2.75, 3.05) is 57.1 Å². The fourth-order valence-electron chi connectivity index (χ4n) is 3.98. The number of hydrogen-bond donors (Lipinski definition) is 1. The van der Waals surface area contributed by atoms with Crippen molar-refractivity contribution >= 4 is 43.2 Å². The van der Waals surface area contributed by atoms with Gasteiger partial charge in [0.2, 0.25) is 26.0 Å². The Morgan fingerprint density at radius 3 is 2.37 bits per heavy atom. The number of nitrogens with one attached hydrogen (secondary N) is 1. The van der Waals surface area contributed by atoms with Gasteiger partial charge in [-0.15, -0.1) is 0 Å². The van der Waals surface area contributed by atoms with Crippen molar-refractivity contribution in [3.05, 3.63) is 47.5 Å². The van der Waals surface area contributed by atoms with Crippen molar-refractivity contribution in [3.63, 3.8) is 0 Å². The maximum absolute atomic E-state index is 13.0. The maximum Gasteiger partial charge on any atom is 0.244 e. The number of morpholine rings is 1. The monoisotopic (exact) mass is 589 g/mol. The molecule has 1 fully saturated rings. The number of carbonyl (C=O) groups excluding carboxylic acids is 1. The molecule has 1 saturated heterocycles. The van der Waals surface area contributed by atoms with Crippen LogP contribution in [0.15, 0.2) is 47.4 Å². The summed E-state index contributed by atoms with van der Waals surface area (Å²) in [6.45, 7) is 3.20. The van der Waals surface area contributed by atoms with Crippen LogP contribution in [-0.4, -0.2) is 85.9 Å². The van der Waals surface area contributed by atoms with Crippen molar-refractivity contribution in [2.45, 2.75) is 24.3 Å². The van der Waals surface area contributed by atoms with Crippen LogP contribution in [0, 0.1) is 0 Å². The van der Waals surface area contributed by atoms with Gasteiger partial charge in [0.25, 0.3) is 0 Å². The van der Waals surface area contributed by atoms with E-state index in [1.54, 1.807) is 25.1 Å². The first-order valence-electron chi connectivity index (χ1n) is 11.9. The molecular weight excluding hydrogens is 558 g/mol. The molecule has 0 saturated carbocycles. The Labute approximate surface area is 228 Å². The number of anilines is 1. The number of rotatable bonds is 12. The third kappa shape index (κ3) is 7.29. The predicted molar refractivity (Wildman–Crippen MR) is 144 cm³/mol. The number of hydrogen-bond acceptors (Lipinski definition) is 8. The highest BCUT2D eigenvalue weighted by molar-refractivity contribution is 7.92. The van der Waals surface area contributed by atoms with Crippen LogP contribution in [0.5, 0.6) is 11.5 Å². The van der Waals surface area contributed by atoms with E-state index in [4.69, 9.17) is 25.8 Å². The van der Waals surface area contributed by atoms with E-state index in [1.165, 1.54) is 35.7 Å². The van der Waals surface area contributed by atoms with Gasteiger partial charge >= 0.3 is 0 Å². The molecule has 0 aliphatic carbocycles. The molecule has 1 N–H and O–H groups in total. The average molecular weight is 590 g/mol. The number of amides is 1. The Balaban J connectivity index is 1.62. The molecule has 1 aliphatic heterocycles. The minimum absolute atomic E-state index is 0.0805. The lowest BCUT2D eigenvalue weighted by Crippen LogP contribution is -2.50. The van der Waals surface area contributed by atoms with Crippen LogP contribution in [0.25, 0.3) is 0 Å². The maximum atomic E-state index is 13.0. The lowest BCUT2D eigenvalue weighted by atomic mass is 10.2. The Bertz CT molecular complexity index is 1310. The van der Waals surface area contributed by atoms with Crippen molar-refractivity contribution in [3.8, 4) is 11.5 Å². The van der Waals surface area contributed by atoms with Gasteiger partial charge in [-0.25, -0.2) is 16.8 Å². The number of sulfonamides is 2. The molecule has 1 atom stereocenters. The van der Waals surface area contributed by atoms with Gasteiger partial charge < -0.3 is 19.5 Å².